The second-order valence-electron chi connectivity index (χ2n) is 4.38. The zero-order chi connectivity index (χ0) is 13.8. The van der Waals surface area contributed by atoms with Gasteiger partial charge in [-0.3, -0.25) is 0 Å². The standard InChI is InChI=1S/C11H16F2N6/c1-18(5-8(12)13)3-2-4-19-7-17-9-10(14)15-6-16-11(9)19/h6-8H,2-5H2,1H3,(H2,14,15,16). The van der Waals surface area contributed by atoms with Gasteiger partial charge in [-0.1, -0.05) is 0 Å². The molecule has 2 rings (SSSR count). The molecule has 0 fully saturated rings. The Hall–Kier alpha value is -1.83. The molecule has 104 valence electrons. The van der Waals surface area contributed by atoms with Gasteiger partial charge < -0.3 is 15.2 Å². The Morgan fingerprint density at radius 2 is 2.16 bits per heavy atom. The lowest BCUT2D eigenvalue weighted by Gasteiger charge is -2.15. The molecule has 0 amide bonds. The first kappa shape index (κ1) is 13.6. The molecular formula is C11H16F2N6. The molecule has 0 bridgehead atoms. The van der Waals surface area contributed by atoms with Crippen LogP contribution in [0.15, 0.2) is 12.7 Å². The molecule has 0 aliphatic heterocycles. The first-order valence-electron chi connectivity index (χ1n) is 5.96. The number of alkyl halides is 2. The molecule has 0 aliphatic carbocycles. The highest BCUT2D eigenvalue weighted by Gasteiger charge is 2.09. The van der Waals surface area contributed by atoms with Gasteiger partial charge in [0.15, 0.2) is 11.5 Å². The van der Waals surface area contributed by atoms with Crippen LogP contribution in [0.4, 0.5) is 14.6 Å². The van der Waals surface area contributed by atoms with Crippen molar-refractivity contribution < 1.29 is 8.78 Å². The predicted octanol–water partition coefficient (Wildman–Crippen LogP) is 0.995. The molecule has 6 nitrogen and oxygen atoms in total. The van der Waals surface area contributed by atoms with Crippen LogP contribution in [0.3, 0.4) is 0 Å². The van der Waals surface area contributed by atoms with E-state index >= 15 is 0 Å². The Bertz CT molecular complexity index is 541. The van der Waals surface area contributed by atoms with E-state index in [1.54, 1.807) is 18.3 Å². The van der Waals surface area contributed by atoms with Gasteiger partial charge in [-0.2, -0.15) is 0 Å². The van der Waals surface area contributed by atoms with E-state index in [0.717, 1.165) is 6.42 Å². The quantitative estimate of drug-likeness (QED) is 0.847. The van der Waals surface area contributed by atoms with Crippen LogP contribution in [0.2, 0.25) is 0 Å². The molecule has 2 aromatic heterocycles. The smallest absolute Gasteiger partial charge is 0.251 e. The topological polar surface area (TPSA) is 72.9 Å². The lowest BCUT2D eigenvalue weighted by molar-refractivity contribution is 0.0994. The van der Waals surface area contributed by atoms with E-state index in [2.05, 4.69) is 15.0 Å². The summed E-state index contributed by atoms with van der Waals surface area (Å²) in [5.74, 6) is 0.346. The third-order valence-electron chi connectivity index (χ3n) is 2.82. The molecule has 0 atom stereocenters. The Morgan fingerprint density at radius 1 is 1.37 bits per heavy atom. The average molecular weight is 270 g/mol. The van der Waals surface area contributed by atoms with E-state index in [1.165, 1.54) is 6.33 Å². The molecule has 2 aromatic rings. The molecule has 2 heterocycles. The van der Waals surface area contributed by atoms with Crippen LogP contribution in [0.5, 0.6) is 0 Å². The van der Waals surface area contributed by atoms with Crippen LogP contribution in [0.1, 0.15) is 6.42 Å². The van der Waals surface area contributed by atoms with Crippen LogP contribution < -0.4 is 5.73 Å². The Labute approximate surface area is 109 Å². The first-order chi connectivity index (χ1) is 9.08. The largest absolute Gasteiger partial charge is 0.382 e. The number of nitrogens with two attached hydrogens (primary N) is 1. The second kappa shape index (κ2) is 5.87. The molecule has 0 unspecified atom stereocenters. The van der Waals surface area contributed by atoms with Gasteiger partial charge >= 0.3 is 0 Å². The van der Waals surface area contributed by atoms with Gasteiger partial charge in [0.2, 0.25) is 0 Å². The average Bonchev–Trinajstić information content (AvgIpc) is 2.73. The highest BCUT2D eigenvalue weighted by molar-refractivity contribution is 5.80. The summed E-state index contributed by atoms with van der Waals surface area (Å²) in [4.78, 5) is 13.7. The number of fused-ring (bicyclic) bond motifs is 1. The Kier molecular flexibility index (Phi) is 4.20. The number of rotatable bonds is 6. The number of nitrogens with zero attached hydrogens (tertiary/aromatic N) is 5. The van der Waals surface area contributed by atoms with Gasteiger partial charge in [0.1, 0.15) is 11.8 Å². The van der Waals surface area contributed by atoms with Crippen molar-refractivity contribution in [1.29, 1.82) is 0 Å². The van der Waals surface area contributed by atoms with E-state index in [0.29, 0.717) is 30.1 Å². The number of aromatic nitrogens is 4. The molecule has 0 aliphatic rings. The maximum atomic E-state index is 12.2. The summed E-state index contributed by atoms with van der Waals surface area (Å²) in [6.45, 7) is 1.03. The minimum absolute atomic E-state index is 0.209. The molecule has 0 spiro atoms. The SMILES string of the molecule is CN(CCCn1cnc2c(N)ncnc21)CC(F)F. The van der Waals surface area contributed by atoms with Crippen molar-refractivity contribution >= 4 is 17.0 Å². The number of hydrogen-bond donors (Lipinski definition) is 1. The van der Waals surface area contributed by atoms with Gasteiger partial charge in [-0.25, -0.2) is 23.7 Å². The van der Waals surface area contributed by atoms with Gasteiger partial charge in [0.05, 0.1) is 12.9 Å². The van der Waals surface area contributed by atoms with Crippen LogP contribution in [-0.4, -0.2) is 51.0 Å². The second-order valence-corrected chi connectivity index (χ2v) is 4.38. The number of aryl methyl sites for hydroxylation is 1. The number of nitrogen functional groups attached to an aromatic ring is 1. The van der Waals surface area contributed by atoms with Crippen LogP contribution in [-0.2, 0) is 6.54 Å². The fourth-order valence-electron chi connectivity index (χ4n) is 1.90. The summed E-state index contributed by atoms with van der Waals surface area (Å²) >= 11 is 0. The maximum absolute atomic E-state index is 12.2. The van der Waals surface area contributed by atoms with E-state index in [1.807, 2.05) is 4.57 Å². The number of anilines is 1. The van der Waals surface area contributed by atoms with Crippen molar-refractivity contribution in [3.63, 3.8) is 0 Å². The van der Waals surface area contributed by atoms with Crippen molar-refractivity contribution in [2.24, 2.45) is 0 Å². The van der Waals surface area contributed by atoms with E-state index in [4.69, 9.17) is 5.73 Å². The molecule has 0 saturated carbocycles. The molecule has 19 heavy (non-hydrogen) atoms. The van der Waals surface area contributed by atoms with Crippen LogP contribution >= 0.6 is 0 Å². The monoisotopic (exact) mass is 270 g/mol. The number of hydrogen-bond acceptors (Lipinski definition) is 5. The maximum Gasteiger partial charge on any atom is 0.251 e. The molecule has 2 N–H and O–H groups in total. The zero-order valence-electron chi connectivity index (χ0n) is 10.6. The van der Waals surface area contributed by atoms with Gasteiger partial charge in [0, 0.05) is 6.54 Å². The van der Waals surface area contributed by atoms with Crippen molar-refractivity contribution in [2.45, 2.75) is 19.4 Å². The summed E-state index contributed by atoms with van der Waals surface area (Å²) in [7, 11) is 1.68. The van der Waals surface area contributed by atoms with Crippen LogP contribution in [0.25, 0.3) is 11.2 Å². The number of halogens is 2. The van der Waals surface area contributed by atoms with E-state index in [-0.39, 0.29) is 6.54 Å². The zero-order valence-corrected chi connectivity index (χ0v) is 10.6. The van der Waals surface area contributed by atoms with Crippen molar-refractivity contribution in [2.75, 3.05) is 25.9 Å². The molecular weight excluding hydrogens is 254 g/mol. The third kappa shape index (κ3) is 3.34. The Morgan fingerprint density at radius 3 is 2.89 bits per heavy atom. The summed E-state index contributed by atoms with van der Waals surface area (Å²) in [6, 6.07) is 0. The van der Waals surface area contributed by atoms with E-state index in [9.17, 15) is 8.78 Å². The first-order valence-corrected chi connectivity index (χ1v) is 5.96. The fourth-order valence-corrected chi connectivity index (χ4v) is 1.90. The lowest BCUT2D eigenvalue weighted by atomic mass is 10.4. The van der Waals surface area contributed by atoms with Crippen molar-refractivity contribution in [3.8, 4) is 0 Å². The molecule has 8 heteroatoms. The van der Waals surface area contributed by atoms with Gasteiger partial charge in [0.25, 0.3) is 6.43 Å². The van der Waals surface area contributed by atoms with Gasteiger partial charge in [-0.05, 0) is 20.0 Å². The number of imidazole rings is 1. The van der Waals surface area contributed by atoms with Crippen LogP contribution in [0, 0.1) is 0 Å². The predicted molar refractivity (Wildman–Crippen MR) is 67.9 cm³/mol. The fraction of sp³-hybridized carbons (Fsp3) is 0.545. The molecule has 0 radical (unpaired) electrons. The normalized spacial score (nSPS) is 11.8. The molecule has 0 aromatic carbocycles. The minimum atomic E-state index is -2.30. The Balaban J connectivity index is 1.93. The highest BCUT2D eigenvalue weighted by Crippen LogP contribution is 2.14. The highest BCUT2D eigenvalue weighted by atomic mass is 19.3. The minimum Gasteiger partial charge on any atom is -0.382 e. The van der Waals surface area contributed by atoms with Crippen molar-refractivity contribution in [1.82, 2.24) is 24.4 Å². The summed E-state index contributed by atoms with van der Waals surface area (Å²) in [6.07, 6.45) is 1.46. The van der Waals surface area contributed by atoms with E-state index < -0.39 is 6.43 Å². The van der Waals surface area contributed by atoms with Gasteiger partial charge in [-0.15, -0.1) is 0 Å². The molecule has 0 saturated heterocycles. The lowest BCUT2D eigenvalue weighted by Crippen LogP contribution is -2.26. The third-order valence-corrected chi connectivity index (χ3v) is 2.82. The summed E-state index contributed by atoms with van der Waals surface area (Å²) in [5, 5.41) is 0. The van der Waals surface area contributed by atoms with Crippen molar-refractivity contribution in [3.05, 3.63) is 12.7 Å². The summed E-state index contributed by atoms with van der Waals surface area (Å²) in [5.41, 5.74) is 6.93. The summed E-state index contributed by atoms with van der Waals surface area (Å²) < 4.78 is 26.2.